The summed E-state index contributed by atoms with van der Waals surface area (Å²) in [7, 11) is -3.43. The Balaban J connectivity index is 2.39. The van der Waals surface area contributed by atoms with Crippen molar-refractivity contribution < 1.29 is 13.2 Å². The minimum absolute atomic E-state index is 0.405. The monoisotopic (exact) mass is 325 g/mol. The molecule has 1 aliphatic rings. The molecular formula is C17H27NO3S. The molecule has 1 aliphatic heterocycles. The van der Waals surface area contributed by atoms with Crippen molar-refractivity contribution >= 4 is 10.0 Å². The van der Waals surface area contributed by atoms with Gasteiger partial charge in [0.2, 0.25) is 10.0 Å². The number of aryl methyl sites for hydroxylation is 2. The van der Waals surface area contributed by atoms with Crippen LogP contribution in [0.1, 0.15) is 38.3 Å². The molecular weight excluding hydrogens is 298 g/mol. The normalized spacial score (nSPS) is 23.5. The number of rotatable bonds is 4. The highest BCUT2D eigenvalue weighted by atomic mass is 32.2. The van der Waals surface area contributed by atoms with Gasteiger partial charge in [-0.3, -0.25) is 0 Å². The fraction of sp³-hybridized carbons (Fsp3) is 0.647. The Hall–Kier alpha value is -1.07. The zero-order valence-electron chi connectivity index (χ0n) is 14.2. The van der Waals surface area contributed by atoms with E-state index in [1.165, 1.54) is 0 Å². The lowest BCUT2D eigenvalue weighted by atomic mass is 9.94. The number of nitrogens with zero attached hydrogens (tertiary/aromatic N) is 1. The van der Waals surface area contributed by atoms with Gasteiger partial charge >= 0.3 is 0 Å². The molecule has 5 heteroatoms. The maximum atomic E-state index is 13.0. The molecule has 0 aromatic heterocycles. The standard InChI is InChI=1S/C17H27NO3S/c1-6-21-16-8-15(5)17(9-14(16)4)22(19,20)18-10-12(2)7-13(3)11-18/h8-9,12-13H,6-7,10-11H2,1-5H3/t12-,13-/m1/s1. The van der Waals surface area contributed by atoms with Gasteiger partial charge < -0.3 is 4.74 Å². The van der Waals surface area contributed by atoms with Gasteiger partial charge in [-0.2, -0.15) is 4.31 Å². The molecule has 1 aromatic rings. The fourth-order valence-corrected chi connectivity index (χ4v) is 5.26. The number of benzene rings is 1. The number of hydrogen-bond donors (Lipinski definition) is 0. The van der Waals surface area contributed by atoms with Crippen LogP contribution in [0.4, 0.5) is 0 Å². The predicted molar refractivity (Wildman–Crippen MR) is 88.8 cm³/mol. The van der Waals surface area contributed by atoms with E-state index in [0.717, 1.165) is 23.3 Å². The molecule has 2 rings (SSSR count). The summed E-state index contributed by atoms with van der Waals surface area (Å²) in [6, 6.07) is 3.59. The molecule has 0 amide bonds. The van der Waals surface area contributed by atoms with E-state index in [9.17, 15) is 8.42 Å². The maximum absolute atomic E-state index is 13.0. The molecule has 2 atom stereocenters. The molecule has 0 aliphatic carbocycles. The van der Waals surface area contributed by atoms with E-state index in [2.05, 4.69) is 13.8 Å². The largest absolute Gasteiger partial charge is 0.494 e. The summed E-state index contributed by atoms with van der Waals surface area (Å²) >= 11 is 0. The van der Waals surface area contributed by atoms with Crippen molar-refractivity contribution in [3.8, 4) is 5.75 Å². The second kappa shape index (κ2) is 6.59. The van der Waals surface area contributed by atoms with Crippen LogP contribution in [0.5, 0.6) is 5.75 Å². The average molecular weight is 325 g/mol. The first-order valence-electron chi connectivity index (χ1n) is 7.99. The number of hydrogen-bond acceptors (Lipinski definition) is 3. The third kappa shape index (κ3) is 3.46. The minimum Gasteiger partial charge on any atom is -0.494 e. The van der Waals surface area contributed by atoms with Gasteiger partial charge in [0.1, 0.15) is 5.75 Å². The lowest BCUT2D eigenvalue weighted by Crippen LogP contribution is -2.42. The molecule has 1 fully saturated rings. The first-order chi connectivity index (χ1) is 10.3. The summed E-state index contributed by atoms with van der Waals surface area (Å²) in [4.78, 5) is 0.412. The predicted octanol–water partition coefficient (Wildman–Crippen LogP) is 3.37. The maximum Gasteiger partial charge on any atom is 0.243 e. The van der Waals surface area contributed by atoms with Crippen LogP contribution in [0.3, 0.4) is 0 Å². The van der Waals surface area contributed by atoms with Gasteiger partial charge in [-0.05, 0) is 62.3 Å². The van der Waals surface area contributed by atoms with Crippen molar-refractivity contribution in [3.63, 3.8) is 0 Å². The molecule has 22 heavy (non-hydrogen) atoms. The lowest BCUT2D eigenvalue weighted by molar-refractivity contribution is 0.222. The number of sulfonamides is 1. The van der Waals surface area contributed by atoms with Gasteiger partial charge in [-0.25, -0.2) is 8.42 Å². The van der Waals surface area contributed by atoms with Crippen molar-refractivity contribution in [3.05, 3.63) is 23.3 Å². The Morgan fingerprint density at radius 1 is 1.14 bits per heavy atom. The number of piperidine rings is 1. The van der Waals surface area contributed by atoms with Crippen molar-refractivity contribution in [1.29, 1.82) is 0 Å². The molecule has 0 saturated carbocycles. The van der Waals surface area contributed by atoms with Crippen molar-refractivity contribution in [2.75, 3.05) is 19.7 Å². The Morgan fingerprint density at radius 2 is 1.73 bits per heavy atom. The Bertz CT molecular complexity index is 630. The fourth-order valence-electron chi connectivity index (χ4n) is 3.29. The Kier molecular flexibility index (Phi) is 5.17. The molecule has 1 aromatic carbocycles. The van der Waals surface area contributed by atoms with Crippen LogP contribution >= 0.6 is 0 Å². The van der Waals surface area contributed by atoms with E-state index in [1.54, 1.807) is 10.4 Å². The Labute approximate surface area is 134 Å². The third-order valence-corrected chi connectivity index (χ3v) is 6.20. The summed E-state index contributed by atoms with van der Waals surface area (Å²) in [6.45, 7) is 11.7. The van der Waals surface area contributed by atoms with Gasteiger partial charge in [0.25, 0.3) is 0 Å². The highest BCUT2D eigenvalue weighted by Crippen LogP contribution is 2.31. The van der Waals surface area contributed by atoms with Gasteiger partial charge in [0.05, 0.1) is 11.5 Å². The van der Waals surface area contributed by atoms with Gasteiger partial charge in [0, 0.05) is 13.1 Å². The second-order valence-electron chi connectivity index (χ2n) is 6.58. The van der Waals surface area contributed by atoms with Crippen molar-refractivity contribution in [1.82, 2.24) is 4.31 Å². The smallest absolute Gasteiger partial charge is 0.243 e. The summed E-state index contributed by atoms with van der Waals surface area (Å²) in [5.74, 6) is 1.57. The Morgan fingerprint density at radius 3 is 2.27 bits per heavy atom. The molecule has 0 N–H and O–H groups in total. The summed E-state index contributed by atoms with van der Waals surface area (Å²) in [5.41, 5.74) is 1.61. The molecule has 1 saturated heterocycles. The zero-order valence-corrected chi connectivity index (χ0v) is 15.0. The summed E-state index contributed by atoms with van der Waals surface area (Å²) < 4.78 is 33.2. The number of ether oxygens (including phenoxy) is 1. The lowest BCUT2D eigenvalue weighted by Gasteiger charge is -2.34. The average Bonchev–Trinajstić information content (AvgIpc) is 2.41. The van der Waals surface area contributed by atoms with E-state index in [1.807, 2.05) is 26.8 Å². The highest BCUT2D eigenvalue weighted by molar-refractivity contribution is 7.89. The molecule has 0 bridgehead atoms. The molecule has 0 spiro atoms. The van der Waals surface area contributed by atoms with Crippen LogP contribution in [-0.2, 0) is 10.0 Å². The van der Waals surface area contributed by atoms with Crippen LogP contribution in [0.25, 0.3) is 0 Å². The topological polar surface area (TPSA) is 46.6 Å². The second-order valence-corrected chi connectivity index (χ2v) is 8.49. The summed E-state index contributed by atoms with van der Waals surface area (Å²) in [6.07, 6.45) is 1.09. The van der Waals surface area contributed by atoms with Crippen molar-refractivity contribution in [2.24, 2.45) is 11.8 Å². The van der Waals surface area contributed by atoms with E-state index < -0.39 is 10.0 Å². The van der Waals surface area contributed by atoms with Crippen LogP contribution in [-0.4, -0.2) is 32.4 Å². The first-order valence-corrected chi connectivity index (χ1v) is 9.43. The SMILES string of the molecule is CCOc1cc(C)c(S(=O)(=O)N2C[C@H](C)C[C@@H](C)C2)cc1C. The van der Waals surface area contributed by atoms with Crippen molar-refractivity contribution in [2.45, 2.75) is 45.9 Å². The van der Waals surface area contributed by atoms with Gasteiger partial charge in [-0.15, -0.1) is 0 Å². The molecule has 0 radical (unpaired) electrons. The highest BCUT2D eigenvalue weighted by Gasteiger charge is 2.32. The van der Waals surface area contributed by atoms with Gasteiger partial charge in [0.15, 0.2) is 0 Å². The zero-order chi connectivity index (χ0) is 16.5. The third-order valence-electron chi connectivity index (χ3n) is 4.23. The van der Waals surface area contributed by atoms with Crippen LogP contribution < -0.4 is 4.74 Å². The van der Waals surface area contributed by atoms with Crippen LogP contribution in [0.2, 0.25) is 0 Å². The van der Waals surface area contributed by atoms with E-state index in [0.29, 0.717) is 36.4 Å². The van der Waals surface area contributed by atoms with Crippen LogP contribution in [0, 0.1) is 25.7 Å². The van der Waals surface area contributed by atoms with Crippen LogP contribution in [0.15, 0.2) is 17.0 Å². The van der Waals surface area contributed by atoms with E-state index >= 15 is 0 Å². The molecule has 0 unspecified atom stereocenters. The molecule has 124 valence electrons. The van der Waals surface area contributed by atoms with E-state index in [-0.39, 0.29) is 0 Å². The summed E-state index contributed by atoms with van der Waals surface area (Å²) in [5, 5.41) is 0. The molecule has 1 heterocycles. The first kappa shape index (κ1) is 17.3. The van der Waals surface area contributed by atoms with E-state index in [4.69, 9.17) is 4.74 Å². The van der Waals surface area contributed by atoms with Gasteiger partial charge in [-0.1, -0.05) is 13.8 Å². The minimum atomic E-state index is -3.43. The quantitative estimate of drug-likeness (QED) is 0.852. The molecule has 4 nitrogen and oxygen atoms in total.